The summed E-state index contributed by atoms with van der Waals surface area (Å²) in [5, 5.41) is 10.5. The molecule has 1 N–H and O–H groups in total. The maximum Gasteiger partial charge on any atom is 0.254 e. The molecular formula is C21H25NO3. The molecule has 2 aromatic rings. The van der Waals surface area contributed by atoms with E-state index in [1.165, 1.54) is 0 Å². The summed E-state index contributed by atoms with van der Waals surface area (Å²) in [5.41, 5.74) is 2.51. The lowest BCUT2D eigenvalue weighted by atomic mass is 9.99. The van der Waals surface area contributed by atoms with Crippen LogP contribution in [0.25, 0.3) is 0 Å². The lowest BCUT2D eigenvalue weighted by Crippen LogP contribution is -2.37. The second-order valence-corrected chi connectivity index (χ2v) is 6.55. The van der Waals surface area contributed by atoms with Crippen LogP contribution < -0.4 is 0 Å². The van der Waals surface area contributed by atoms with E-state index in [2.05, 4.69) is 0 Å². The number of rotatable bonds is 6. The van der Waals surface area contributed by atoms with Gasteiger partial charge in [-0.2, -0.15) is 0 Å². The first-order chi connectivity index (χ1) is 12.2. The summed E-state index contributed by atoms with van der Waals surface area (Å²) in [6.07, 6.45) is 1.93. The fourth-order valence-corrected chi connectivity index (χ4v) is 3.58. The van der Waals surface area contributed by atoms with Gasteiger partial charge in [-0.3, -0.25) is 4.79 Å². The summed E-state index contributed by atoms with van der Waals surface area (Å²) in [7, 11) is 1.64. The highest BCUT2D eigenvalue weighted by molar-refractivity contribution is 5.96. The van der Waals surface area contributed by atoms with Crippen molar-refractivity contribution in [3.8, 4) is 0 Å². The predicted molar refractivity (Wildman–Crippen MR) is 97.2 cm³/mol. The minimum atomic E-state index is -0.547. The molecular weight excluding hydrogens is 314 g/mol. The Bertz CT molecular complexity index is 701. The zero-order valence-corrected chi connectivity index (χ0v) is 14.6. The van der Waals surface area contributed by atoms with Gasteiger partial charge in [0.2, 0.25) is 0 Å². The van der Waals surface area contributed by atoms with Crippen molar-refractivity contribution in [3.63, 3.8) is 0 Å². The van der Waals surface area contributed by atoms with E-state index in [1.54, 1.807) is 7.11 Å². The number of hydrogen-bond donors (Lipinski definition) is 1. The molecule has 1 fully saturated rings. The van der Waals surface area contributed by atoms with Crippen LogP contribution in [0.15, 0.2) is 54.6 Å². The Morgan fingerprint density at radius 2 is 1.92 bits per heavy atom. The van der Waals surface area contributed by atoms with Gasteiger partial charge in [-0.05, 0) is 36.5 Å². The van der Waals surface area contributed by atoms with Crippen LogP contribution in [0.4, 0.5) is 0 Å². The third-order valence-corrected chi connectivity index (χ3v) is 4.87. The Balaban J connectivity index is 1.74. The summed E-state index contributed by atoms with van der Waals surface area (Å²) in [5.74, 6) is 0.0374. The number of likely N-dealkylation sites (tertiary alicyclic amines) is 1. The quantitative estimate of drug-likeness (QED) is 0.875. The van der Waals surface area contributed by atoms with Gasteiger partial charge in [0.25, 0.3) is 5.91 Å². The summed E-state index contributed by atoms with van der Waals surface area (Å²) in [4.78, 5) is 15.0. The van der Waals surface area contributed by atoms with Gasteiger partial charge in [0.05, 0.1) is 12.7 Å². The Morgan fingerprint density at radius 1 is 1.20 bits per heavy atom. The van der Waals surface area contributed by atoms with Crippen molar-refractivity contribution in [2.45, 2.75) is 38.0 Å². The van der Waals surface area contributed by atoms with Crippen molar-refractivity contribution < 1.29 is 14.6 Å². The summed E-state index contributed by atoms with van der Waals surface area (Å²) in [6.45, 7) is 1.17. The van der Waals surface area contributed by atoms with E-state index < -0.39 is 6.10 Å². The average molecular weight is 339 g/mol. The Labute approximate surface area is 149 Å². The van der Waals surface area contributed by atoms with Gasteiger partial charge >= 0.3 is 0 Å². The molecule has 1 heterocycles. The van der Waals surface area contributed by atoms with Gasteiger partial charge in [0, 0.05) is 25.3 Å². The van der Waals surface area contributed by atoms with Crippen molar-refractivity contribution in [1.82, 2.24) is 4.90 Å². The predicted octanol–water partition coefficient (Wildman–Crippen LogP) is 3.56. The van der Waals surface area contributed by atoms with Gasteiger partial charge in [0.15, 0.2) is 0 Å². The topological polar surface area (TPSA) is 49.8 Å². The van der Waals surface area contributed by atoms with Gasteiger partial charge in [-0.15, -0.1) is 0 Å². The van der Waals surface area contributed by atoms with Crippen LogP contribution >= 0.6 is 0 Å². The minimum absolute atomic E-state index is 0.0374. The number of carbonyl (C=O) groups is 1. The van der Waals surface area contributed by atoms with Gasteiger partial charge in [-0.25, -0.2) is 0 Å². The van der Waals surface area contributed by atoms with E-state index in [0.29, 0.717) is 18.6 Å². The molecule has 2 aromatic carbocycles. The normalized spacial score (nSPS) is 18.3. The van der Waals surface area contributed by atoms with Crippen LogP contribution in [0, 0.1) is 0 Å². The lowest BCUT2D eigenvalue weighted by Gasteiger charge is -2.27. The Morgan fingerprint density at radius 3 is 2.68 bits per heavy atom. The molecule has 0 bridgehead atoms. The molecule has 2 atom stereocenters. The smallest absolute Gasteiger partial charge is 0.254 e. The van der Waals surface area contributed by atoms with Crippen molar-refractivity contribution in [2.24, 2.45) is 0 Å². The van der Waals surface area contributed by atoms with Crippen molar-refractivity contribution in [1.29, 1.82) is 0 Å². The molecule has 0 unspecified atom stereocenters. The monoisotopic (exact) mass is 339 g/mol. The first kappa shape index (κ1) is 17.6. The highest BCUT2D eigenvalue weighted by Crippen LogP contribution is 2.29. The Kier molecular flexibility index (Phi) is 5.84. The molecule has 0 aliphatic carbocycles. The molecule has 4 nitrogen and oxygen atoms in total. The molecule has 0 saturated carbocycles. The molecule has 0 aromatic heterocycles. The summed E-state index contributed by atoms with van der Waals surface area (Å²) in [6, 6.07) is 17.3. The molecule has 25 heavy (non-hydrogen) atoms. The number of amides is 1. The molecule has 0 radical (unpaired) electrons. The number of aliphatic hydroxyl groups excluding tert-OH is 1. The molecule has 1 aliphatic heterocycles. The second-order valence-electron chi connectivity index (χ2n) is 6.55. The van der Waals surface area contributed by atoms with E-state index in [4.69, 9.17) is 4.74 Å². The molecule has 1 aliphatic rings. The molecule has 4 heteroatoms. The second kappa shape index (κ2) is 8.28. The van der Waals surface area contributed by atoms with E-state index >= 15 is 0 Å². The number of carbonyl (C=O) groups excluding carboxylic acids is 1. The molecule has 1 saturated heterocycles. The minimum Gasteiger partial charge on any atom is -0.388 e. The highest BCUT2D eigenvalue weighted by Gasteiger charge is 2.32. The third-order valence-electron chi connectivity index (χ3n) is 4.87. The van der Waals surface area contributed by atoms with Crippen molar-refractivity contribution in [3.05, 3.63) is 71.3 Å². The van der Waals surface area contributed by atoms with Crippen LogP contribution in [0.2, 0.25) is 0 Å². The zero-order valence-electron chi connectivity index (χ0n) is 14.6. The number of nitrogens with zero attached hydrogens (tertiary/aromatic N) is 1. The van der Waals surface area contributed by atoms with Crippen molar-refractivity contribution in [2.75, 3.05) is 13.7 Å². The first-order valence-corrected chi connectivity index (χ1v) is 8.81. The number of hydrogen-bond acceptors (Lipinski definition) is 3. The van der Waals surface area contributed by atoms with Gasteiger partial charge in [0.1, 0.15) is 0 Å². The first-order valence-electron chi connectivity index (χ1n) is 8.81. The fourth-order valence-electron chi connectivity index (χ4n) is 3.58. The maximum absolute atomic E-state index is 13.1. The SMILES string of the molecule is COCc1ccccc1C(=O)N1CCC[C@H]1C[C@H](O)c1ccccc1. The van der Waals surface area contributed by atoms with E-state index in [9.17, 15) is 9.90 Å². The molecule has 0 spiro atoms. The lowest BCUT2D eigenvalue weighted by molar-refractivity contribution is 0.0662. The standard InChI is InChI=1S/C21H25NO3/c1-25-15-17-10-5-6-12-19(17)21(24)22-13-7-11-18(22)14-20(23)16-8-3-2-4-9-16/h2-6,8-10,12,18,20,23H,7,11,13-15H2,1H3/t18-,20-/m0/s1. The molecule has 1 amide bonds. The summed E-state index contributed by atoms with van der Waals surface area (Å²) < 4.78 is 5.22. The van der Waals surface area contributed by atoms with Crippen LogP contribution in [0.3, 0.4) is 0 Å². The maximum atomic E-state index is 13.1. The van der Waals surface area contributed by atoms with E-state index in [1.807, 2.05) is 59.5 Å². The van der Waals surface area contributed by atoms with Crippen LogP contribution in [0.1, 0.15) is 46.9 Å². The van der Waals surface area contributed by atoms with Gasteiger partial charge < -0.3 is 14.7 Å². The largest absolute Gasteiger partial charge is 0.388 e. The fraction of sp³-hybridized carbons (Fsp3) is 0.381. The number of ether oxygens (including phenoxy) is 1. The molecule has 132 valence electrons. The average Bonchev–Trinajstić information content (AvgIpc) is 3.10. The van der Waals surface area contributed by atoms with Crippen molar-refractivity contribution >= 4 is 5.91 Å². The third kappa shape index (κ3) is 4.09. The van der Waals surface area contributed by atoms with Crippen LogP contribution in [-0.2, 0) is 11.3 Å². The number of methoxy groups -OCH3 is 1. The van der Waals surface area contributed by atoms with Gasteiger partial charge in [-0.1, -0.05) is 48.5 Å². The van der Waals surface area contributed by atoms with E-state index in [-0.39, 0.29) is 11.9 Å². The van der Waals surface area contributed by atoms with Crippen LogP contribution in [-0.4, -0.2) is 35.6 Å². The zero-order chi connectivity index (χ0) is 17.6. The Hall–Kier alpha value is -2.17. The van der Waals surface area contributed by atoms with Crippen LogP contribution in [0.5, 0.6) is 0 Å². The number of aliphatic hydroxyl groups is 1. The highest BCUT2D eigenvalue weighted by atomic mass is 16.5. The number of benzene rings is 2. The molecule has 3 rings (SSSR count). The van der Waals surface area contributed by atoms with E-state index in [0.717, 1.165) is 30.5 Å². The summed E-state index contributed by atoms with van der Waals surface area (Å²) >= 11 is 0.